The van der Waals surface area contributed by atoms with E-state index in [2.05, 4.69) is 21.4 Å². The minimum absolute atomic E-state index is 0.384. The van der Waals surface area contributed by atoms with E-state index in [9.17, 15) is 5.11 Å². The number of aromatic amines is 1. The molecule has 1 aliphatic carbocycles. The Kier molecular flexibility index (Phi) is 4.98. The van der Waals surface area contributed by atoms with Crippen molar-refractivity contribution in [3.63, 3.8) is 0 Å². The van der Waals surface area contributed by atoms with E-state index in [0.29, 0.717) is 12.6 Å². The minimum Gasteiger partial charge on any atom is -0.384 e. The van der Waals surface area contributed by atoms with Crippen LogP contribution in [0.15, 0.2) is 36.7 Å². The lowest BCUT2D eigenvalue weighted by Crippen LogP contribution is -2.36. The first kappa shape index (κ1) is 16.0. The first-order valence-electron chi connectivity index (χ1n) is 8.35. The van der Waals surface area contributed by atoms with Gasteiger partial charge in [-0.1, -0.05) is 6.07 Å². The predicted octanol–water partition coefficient (Wildman–Crippen LogP) is 3.19. The second-order valence-corrected chi connectivity index (χ2v) is 6.22. The van der Waals surface area contributed by atoms with Crippen LogP contribution >= 0.6 is 0 Å². The maximum atomic E-state index is 10.8. The van der Waals surface area contributed by atoms with E-state index >= 15 is 0 Å². The normalized spacial score (nSPS) is 24.5. The van der Waals surface area contributed by atoms with Gasteiger partial charge in [0.15, 0.2) is 0 Å². The van der Waals surface area contributed by atoms with Crippen LogP contribution in [0.25, 0.3) is 0 Å². The van der Waals surface area contributed by atoms with Crippen molar-refractivity contribution >= 4 is 5.69 Å². The fraction of sp³-hybridized carbons (Fsp3) is 0.500. The Morgan fingerprint density at radius 3 is 2.91 bits per heavy atom. The second kappa shape index (κ2) is 7.15. The molecule has 2 aromatic heterocycles. The number of ether oxygens (including phenoxy) is 1. The fourth-order valence-corrected chi connectivity index (χ4v) is 3.19. The van der Waals surface area contributed by atoms with E-state index in [-0.39, 0.29) is 0 Å². The molecule has 1 saturated carbocycles. The van der Waals surface area contributed by atoms with Crippen molar-refractivity contribution in [2.24, 2.45) is 0 Å². The van der Waals surface area contributed by atoms with Gasteiger partial charge in [-0.15, -0.1) is 0 Å². The molecule has 5 nitrogen and oxygen atoms in total. The lowest BCUT2D eigenvalue weighted by atomic mass is 9.80. The molecule has 1 aliphatic rings. The highest BCUT2D eigenvalue weighted by Crippen LogP contribution is 2.36. The fourth-order valence-electron chi connectivity index (χ4n) is 3.19. The first-order chi connectivity index (χ1) is 11.2. The summed E-state index contributed by atoms with van der Waals surface area (Å²) < 4.78 is 5.40. The Balaban J connectivity index is 1.54. The van der Waals surface area contributed by atoms with E-state index in [1.807, 2.05) is 31.3 Å². The van der Waals surface area contributed by atoms with Crippen LogP contribution in [0.3, 0.4) is 0 Å². The molecule has 3 N–H and O–H groups in total. The number of nitrogens with one attached hydrogen (secondary N) is 2. The van der Waals surface area contributed by atoms with Gasteiger partial charge in [0.1, 0.15) is 5.60 Å². The zero-order chi connectivity index (χ0) is 16.1. The van der Waals surface area contributed by atoms with Crippen molar-refractivity contribution in [2.75, 3.05) is 11.9 Å². The van der Waals surface area contributed by atoms with E-state index in [1.54, 1.807) is 6.20 Å². The highest BCUT2D eigenvalue weighted by molar-refractivity contribution is 5.44. The van der Waals surface area contributed by atoms with Crippen LogP contribution < -0.4 is 5.32 Å². The zero-order valence-electron chi connectivity index (χ0n) is 13.6. The summed E-state index contributed by atoms with van der Waals surface area (Å²) in [7, 11) is 0. The Labute approximate surface area is 137 Å². The largest absolute Gasteiger partial charge is 0.384 e. The first-order valence-corrected chi connectivity index (χ1v) is 8.35. The smallest absolute Gasteiger partial charge is 0.107 e. The van der Waals surface area contributed by atoms with Gasteiger partial charge in [-0.05, 0) is 50.8 Å². The molecule has 0 aliphatic heterocycles. The van der Waals surface area contributed by atoms with E-state index < -0.39 is 5.60 Å². The SMILES string of the molecule is CCOCc1cc(NC2CCC(O)(c3ccccn3)CC2)c[nH]1. The standard InChI is InChI=1S/C18H25N3O2/c1-2-23-13-16-11-15(12-20-16)21-14-6-8-18(22,9-7-14)17-5-3-4-10-19-17/h3-5,10-12,14,20-22H,2,6-9,13H2,1H3. The van der Waals surface area contributed by atoms with Crippen molar-refractivity contribution in [3.05, 3.63) is 48.0 Å². The van der Waals surface area contributed by atoms with E-state index in [4.69, 9.17) is 4.74 Å². The van der Waals surface area contributed by atoms with Gasteiger partial charge >= 0.3 is 0 Å². The van der Waals surface area contributed by atoms with Gasteiger partial charge in [0.05, 0.1) is 18.0 Å². The molecule has 0 saturated heterocycles. The van der Waals surface area contributed by atoms with Crippen LogP contribution in [0.4, 0.5) is 5.69 Å². The highest BCUT2D eigenvalue weighted by Gasteiger charge is 2.35. The van der Waals surface area contributed by atoms with Gasteiger partial charge in [0, 0.05) is 30.7 Å². The number of aromatic nitrogens is 2. The third-order valence-corrected chi connectivity index (χ3v) is 4.53. The molecule has 0 spiro atoms. The van der Waals surface area contributed by atoms with Crippen molar-refractivity contribution in [1.29, 1.82) is 0 Å². The molecule has 0 atom stereocenters. The summed E-state index contributed by atoms with van der Waals surface area (Å²) in [5.74, 6) is 0. The predicted molar refractivity (Wildman–Crippen MR) is 90.1 cm³/mol. The lowest BCUT2D eigenvalue weighted by molar-refractivity contribution is -0.00725. The third kappa shape index (κ3) is 3.92. The molecule has 124 valence electrons. The molecule has 0 unspecified atom stereocenters. The average Bonchev–Trinajstić information content (AvgIpc) is 3.03. The molecular formula is C18H25N3O2. The molecule has 0 bridgehead atoms. The zero-order valence-corrected chi connectivity index (χ0v) is 13.6. The quantitative estimate of drug-likeness (QED) is 0.765. The summed E-state index contributed by atoms with van der Waals surface area (Å²) in [5, 5.41) is 14.4. The molecule has 0 aromatic carbocycles. The number of hydrogen-bond acceptors (Lipinski definition) is 4. The van der Waals surface area contributed by atoms with Crippen LogP contribution in [-0.4, -0.2) is 27.7 Å². The van der Waals surface area contributed by atoms with Gasteiger partial charge in [0.25, 0.3) is 0 Å². The number of hydrogen-bond donors (Lipinski definition) is 3. The Hall–Kier alpha value is -1.85. The molecule has 2 heterocycles. The van der Waals surface area contributed by atoms with Crippen molar-refractivity contribution in [1.82, 2.24) is 9.97 Å². The second-order valence-electron chi connectivity index (χ2n) is 6.22. The van der Waals surface area contributed by atoms with Gasteiger partial charge in [-0.2, -0.15) is 0 Å². The third-order valence-electron chi connectivity index (χ3n) is 4.53. The minimum atomic E-state index is -0.780. The maximum absolute atomic E-state index is 10.8. The van der Waals surface area contributed by atoms with Crippen molar-refractivity contribution in [3.8, 4) is 0 Å². The van der Waals surface area contributed by atoms with Crippen LogP contribution in [0.5, 0.6) is 0 Å². The maximum Gasteiger partial charge on any atom is 0.107 e. The van der Waals surface area contributed by atoms with Crippen LogP contribution in [0.2, 0.25) is 0 Å². The Bertz CT molecular complexity index is 604. The summed E-state index contributed by atoms with van der Waals surface area (Å²) in [4.78, 5) is 7.55. The number of rotatable bonds is 6. The van der Waals surface area contributed by atoms with Gasteiger partial charge in [-0.25, -0.2) is 0 Å². The molecule has 5 heteroatoms. The van der Waals surface area contributed by atoms with Gasteiger partial charge < -0.3 is 20.1 Å². The summed E-state index contributed by atoms with van der Waals surface area (Å²) in [6.45, 7) is 3.33. The summed E-state index contributed by atoms with van der Waals surface area (Å²) >= 11 is 0. The van der Waals surface area contributed by atoms with Crippen LogP contribution in [-0.2, 0) is 16.9 Å². The number of pyridine rings is 1. The Morgan fingerprint density at radius 1 is 1.39 bits per heavy atom. The molecule has 0 radical (unpaired) electrons. The van der Waals surface area contributed by atoms with Gasteiger partial charge in [0.2, 0.25) is 0 Å². The monoisotopic (exact) mass is 315 g/mol. The molecular weight excluding hydrogens is 290 g/mol. The lowest BCUT2D eigenvalue weighted by Gasteiger charge is -2.36. The molecule has 2 aromatic rings. The van der Waals surface area contributed by atoms with Crippen molar-refractivity contribution in [2.45, 2.75) is 50.9 Å². The van der Waals surface area contributed by atoms with E-state index in [0.717, 1.165) is 49.4 Å². The highest BCUT2D eigenvalue weighted by atomic mass is 16.5. The van der Waals surface area contributed by atoms with Crippen LogP contribution in [0.1, 0.15) is 44.0 Å². The number of anilines is 1. The summed E-state index contributed by atoms with van der Waals surface area (Å²) in [6.07, 6.45) is 7.05. The van der Waals surface area contributed by atoms with E-state index in [1.165, 1.54) is 0 Å². The number of aliphatic hydroxyl groups is 1. The molecule has 1 fully saturated rings. The summed E-state index contributed by atoms with van der Waals surface area (Å²) in [5.41, 5.74) is 2.18. The van der Waals surface area contributed by atoms with Crippen LogP contribution in [0, 0.1) is 0 Å². The molecule has 23 heavy (non-hydrogen) atoms. The Morgan fingerprint density at radius 2 is 2.22 bits per heavy atom. The van der Waals surface area contributed by atoms with Crippen molar-refractivity contribution < 1.29 is 9.84 Å². The number of H-pyrrole nitrogens is 1. The number of nitrogens with zero attached hydrogens (tertiary/aromatic N) is 1. The molecule has 0 amide bonds. The summed E-state index contributed by atoms with van der Waals surface area (Å²) in [6, 6.07) is 8.21. The van der Waals surface area contributed by atoms with Gasteiger partial charge in [-0.3, -0.25) is 4.98 Å². The molecule has 3 rings (SSSR count). The topological polar surface area (TPSA) is 70.2 Å². The average molecular weight is 315 g/mol.